The van der Waals surface area contributed by atoms with Crippen LogP contribution in [0.4, 0.5) is 20.2 Å². The summed E-state index contributed by atoms with van der Waals surface area (Å²) >= 11 is 0. The molecule has 5 nitrogen and oxygen atoms in total. The van der Waals surface area contributed by atoms with Gasteiger partial charge in [0.05, 0.1) is 4.90 Å². The molecule has 3 rings (SSSR count). The zero-order chi connectivity index (χ0) is 21.2. The Morgan fingerprint density at radius 3 is 2.17 bits per heavy atom. The summed E-state index contributed by atoms with van der Waals surface area (Å²) in [5.41, 5.74) is 3.20. The largest absolute Gasteiger partial charge is 0.322 e. The lowest BCUT2D eigenvalue weighted by molar-refractivity contribution is 0.102. The van der Waals surface area contributed by atoms with Crippen molar-refractivity contribution in [2.24, 2.45) is 0 Å². The normalized spacial score (nSPS) is 11.2. The maximum Gasteiger partial charge on any atom is 0.261 e. The predicted molar refractivity (Wildman–Crippen MR) is 107 cm³/mol. The number of amides is 1. The predicted octanol–water partition coefficient (Wildman–Crippen LogP) is 4.63. The van der Waals surface area contributed by atoms with Gasteiger partial charge in [0.25, 0.3) is 15.9 Å². The van der Waals surface area contributed by atoms with Gasteiger partial charge in [0.2, 0.25) is 0 Å². The Kier molecular flexibility index (Phi) is 5.65. The first-order valence-electron chi connectivity index (χ1n) is 8.62. The van der Waals surface area contributed by atoms with Crippen LogP contribution in [0.2, 0.25) is 0 Å². The Morgan fingerprint density at radius 1 is 0.862 bits per heavy atom. The van der Waals surface area contributed by atoms with Crippen LogP contribution in [-0.4, -0.2) is 14.3 Å². The Balaban J connectivity index is 1.74. The smallest absolute Gasteiger partial charge is 0.261 e. The number of sulfonamides is 1. The average molecular weight is 416 g/mol. The van der Waals surface area contributed by atoms with Crippen molar-refractivity contribution < 1.29 is 22.0 Å². The minimum Gasteiger partial charge on any atom is -0.322 e. The van der Waals surface area contributed by atoms with Gasteiger partial charge < -0.3 is 5.32 Å². The molecule has 1 amide bonds. The van der Waals surface area contributed by atoms with Crippen molar-refractivity contribution in [2.75, 3.05) is 10.0 Å². The number of halogens is 2. The molecule has 0 bridgehead atoms. The van der Waals surface area contributed by atoms with E-state index in [9.17, 15) is 22.0 Å². The van der Waals surface area contributed by atoms with Crippen LogP contribution in [0.3, 0.4) is 0 Å². The number of benzene rings is 3. The lowest BCUT2D eigenvalue weighted by Gasteiger charge is -2.11. The molecule has 0 heterocycles. The van der Waals surface area contributed by atoms with Crippen LogP contribution in [-0.2, 0) is 10.0 Å². The molecule has 0 unspecified atom stereocenters. The first-order valence-corrected chi connectivity index (χ1v) is 10.1. The Morgan fingerprint density at radius 2 is 1.55 bits per heavy atom. The van der Waals surface area contributed by atoms with Gasteiger partial charge in [-0.2, -0.15) is 0 Å². The molecule has 0 aliphatic rings. The van der Waals surface area contributed by atoms with Gasteiger partial charge in [0.1, 0.15) is 0 Å². The Labute approximate surface area is 167 Å². The van der Waals surface area contributed by atoms with Crippen LogP contribution in [0.5, 0.6) is 0 Å². The van der Waals surface area contributed by atoms with Crippen molar-refractivity contribution in [3.05, 3.63) is 89.0 Å². The van der Waals surface area contributed by atoms with Crippen molar-refractivity contribution >= 4 is 27.3 Å². The zero-order valence-corrected chi connectivity index (χ0v) is 16.5. The molecular formula is C21H18F2N2O3S. The standard InChI is InChI=1S/C21H18F2N2O3S/c1-13-3-10-20(14(2)11-13)24-21(26)15-4-6-16(7-5-15)25-29(27,28)17-8-9-18(22)19(23)12-17/h3-12,25H,1-2H3,(H,24,26). The minimum absolute atomic E-state index is 0.179. The molecule has 3 aromatic rings. The lowest BCUT2D eigenvalue weighted by Crippen LogP contribution is -2.15. The lowest BCUT2D eigenvalue weighted by atomic mass is 10.1. The third kappa shape index (κ3) is 4.78. The van der Waals surface area contributed by atoms with Crippen molar-refractivity contribution in [1.82, 2.24) is 0 Å². The van der Waals surface area contributed by atoms with Gasteiger partial charge in [-0.1, -0.05) is 17.7 Å². The number of aryl methyl sites for hydroxylation is 2. The fourth-order valence-corrected chi connectivity index (χ4v) is 3.77. The van der Waals surface area contributed by atoms with Gasteiger partial charge in [-0.25, -0.2) is 17.2 Å². The third-order valence-electron chi connectivity index (χ3n) is 4.23. The van der Waals surface area contributed by atoms with Gasteiger partial charge in [-0.15, -0.1) is 0 Å². The van der Waals surface area contributed by atoms with Crippen LogP contribution in [0.1, 0.15) is 21.5 Å². The second kappa shape index (κ2) is 8.00. The van der Waals surface area contributed by atoms with E-state index in [-0.39, 0.29) is 11.6 Å². The number of carbonyl (C=O) groups excluding carboxylic acids is 1. The average Bonchev–Trinajstić information content (AvgIpc) is 2.66. The van der Waals surface area contributed by atoms with E-state index in [1.165, 1.54) is 24.3 Å². The van der Waals surface area contributed by atoms with Crippen LogP contribution in [0.15, 0.2) is 65.6 Å². The molecule has 0 saturated heterocycles. The van der Waals surface area contributed by atoms with E-state index in [0.717, 1.165) is 23.3 Å². The van der Waals surface area contributed by atoms with Gasteiger partial charge in [0.15, 0.2) is 11.6 Å². The fraction of sp³-hybridized carbons (Fsp3) is 0.0952. The summed E-state index contributed by atoms with van der Waals surface area (Å²) in [6.45, 7) is 3.84. The molecule has 150 valence electrons. The number of nitrogens with one attached hydrogen (secondary N) is 2. The molecule has 3 aromatic carbocycles. The monoisotopic (exact) mass is 416 g/mol. The van der Waals surface area contributed by atoms with Gasteiger partial charge in [0, 0.05) is 16.9 Å². The van der Waals surface area contributed by atoms with Crippen LogP contribution >= 0.6 is 0 Å². The van der Waals surface area contributed by atoms with Crippen molar-refractivity contribution in [3.63, 3.8) is 0 Å². The fourth-order valence-electron chi connectivity index (χ4n) is 2.70. The van der Waals surface area contributed by atoms with E-state index < -0.39 is 26.6 Å². The summed E-state index contributed by atoms with van der Waals surface area (Å²) in [6.07, 6.45) is 0. The molecule has 0 aliphatic carbocycles. The number of hydrogen-bond acceptors (Lipinski definition) is 3. The number of anilines is 2. The van der Waals surface area contributed by atoms with Gasteiger partial charge in [-0.3, -0.25) is 9.52 Å². The van der Waals surface area contributed by atoms with Crippen molar-refractivity contribution in [1.29, 1.82) is 0 Å². The molecule has 8 heteroatoms. The van der Waals surface area contributed by atoms with Gasteiger partial charge >= 0.3 is 0 Å². The number of hydrogen-bond donors (Lipinski definition) is 2. The highest BCUT2D eigenvalue weighted by molar-refractivity contribution is 7.92. The second-order valence-electron chi connectivity index (χ2n) is 6.53. The first-order chi connectivity index (χ1) is 13.7. The zero-order valence-electron chi connectivity index (χ0n) is 15.7. The van der Waals surface area contributed by atoms with E-state index in [2.05, 4.69) is 10.0 Å². The van der Waals surface area contributed by atoms with E-state index in [1.807, 2.05) is 32.0 Å². The summed E-state index contributed by atoms with van der Waals surface area (Å²) in [5, 5.41) is 2.80. The summed E-state index contributed by atoms with van der Waals surface area (Å²) in [5.74, 6) is -2.73. The summed E-state index contributed by atoms with van der Waals surface area (Å²) in [6, 6.07) is 13.7. The van der Waals surface area contributed by atoms with Crippen LogP contribution in [0, 0.1) is 25.5 Å². The Hall–Kier alpha value is -3.26. The Bertz CT molecular complexity index is 1180. The second-order valence-corrected chi connectivity index (χ2v) is 8.21. The third-order valence-corrected chi connectivity index (χ3v) is 5.61. The molecule has 0 aliphatic heterocycles. The van der Waals surface area contributed by atoms with Crippen molar-refractivity contribution in [2.45, 2.75) is 18.7 Å². The molecule has 0 atom stereocenters. The van der Waals surface area contributed by atoms with Crippen molar-refractivity contribution in [3.8, 4) is 0 Å². The molecule has 0 spiro atoms. The highest BCUT2D eigenvalue weighted by Crippen LogP contribution is 2.20. The summed E-state index contributed by atoms with van der Waals surface area (Å²) in [7, 11) is -4.10. The minimum atomic E-state index is -4.10. The molecule has 0 saturated carbocycles. The van der Waals surface area contributed by atoms with Crippen LogP contribution < -0.4 is 10.0 Å². The van der Waals surface area contributed by atoms with Crippen LogP contribution in [0.25, 0.3) is 0 Å². The highest BCUT2D eigenvalue weighted by atomic mass is 32.2. The van der Waals surface area contributed by atoms with E-state index >= 15 is 0 Å². The molecule has 2 N–H and O–H groups in total. The number of rotatable bonds is 5. The molecule has 29 heavy (non-hydrogen) atoms. The topological polar surface area (TPSA) is 75.3 Å². The van der Waals surface area contributed by atoms with E-state index in [0.29, 0.717) is 17.3 Å². The molecular weight excluding hydrogens is 398 g/mol. The highest BCUT2D eigenvalue weighted by Gasteiger charge is 2.17. The van der Waals surface area contributed by atoms with Gasteiger partial charge in [-0.05, 0) is 67.9 Å². The van der Waals surface area contributed by atoms with E-state index in [4.69, 9.17) is 0 Å². The molecule has 0 radical (unpaired) electrons. The maximum atomic E-state index is 13.3. The SMILES string of the molecule is Cc1ccc(NC(=O)c2ccc(NS(=O)(=O)c3ccc(F)c(F)c3)cc2)c(C)c1. The first kappa shape index (κ1) is 20.5. The summed E-state index contributed by atoms with van der Waals surface area (Å²) < 4.78 is 53.2. The molecule has 0 aromatic heterocycles. The number of carbonyl (C=O) groups is 1. The summed E-state index contributed by atoms with van der Waals surface area (Å²) in [4.78, 5) is 12.0. The maximum absolute atomic E-state index is 13.3. The molecule has 0 fully saturated rings. The quantitative estimate of drug-likeness (QED) is 0.637. The van der Waals surface area contributed by atoms with E-state index in [1.54, 1.807) is 0 Å².